The molecule has 2 fully saturated rings. The zero-order chi connectivity index (χ0) is 23.8. The van der Waals surface area contributed by atoms with Gasteiger partial charge in [0.05, 0.1) is 22.0 Å². The van der Waals surface area contributed by atoms with Crippen LogP contribution in [0, 0.1) is 49.4 Å². The standard InChI is InChI=1S/C26H26O6S2/c1-15-3-7-17(8-4-15)33(27,28)31-25-19-11-13-21-23(19)24-20(25)12-14-22(24)26(21)32-34(29,30)18-9-5-16(2)6-10-18/h3-14,19-26H,1-2H3/t19-,20-,21-,22+,23?,24?,25?,26?/m1/s1. The first kappa shape index (κ1) is 22.2. The summed E-state index contributed by atoms with van der Waals surface area (Å²) >= 11 is 0. The van der Waals surface area contributed by atoms with E-state index in [-0.39, 0.29) is 45.3 Å². The lowest BCUT2D eigenvalue weighted by Crippen LogP contribution is -2.32. The minimum atomic E-state index is -3.92. The second kappa shape index (κ2) is 7.62. The highest BCUT2D eigenvalue weighted by atomic mass is 32.2. The van der Waals surface area contributed by atoms with E-state index in [9.17, 15) is 16.8 Å². The maximum Gasteiger partial charge on any atom is 0.297 e. The van der Waals surface area contributed by atoms with Crippen LogP contribution in [0.5, 0.6) is 0 Å². The number of aryl methyl sites for hydroxylation is 2. The van der Waals surface area contributed by atoms with Gasteiger partial charge in [0.2, 0.25) is 0 Å². The molecule has 0 spiro atoms. The zero-order valence-electron chi connectivity index (χ0n) is 18.8. The van der Waals surface area contributed by atoms with Crippen LogP contribution < -0.4 is 0 Å². The normalized spacial score (nSPS) is 35.2. The molecule has 4 aliphatic rings. The summed E-state index contributed by atoms with van der Waals surface area (Å²) in [5, 5.41) is 0. The van der Waals surface area contributed by atoms with Gasteiger partial charge in [0.15, 0.2) is 0 Å². The molecule has 34 heavy (non-hydrogen) atoms. The topological polar surface area (TPSA) is 86.7 Å². The van der Waals surface area contributed by atoms with Crippen molar-refractivity contribution in [2.24, 2.45) is 35.5 Å². The van der Waals surface area contributed by atoms with Crippen molar-refractivity contribution in [3.63, 3.8) is 0 Å². The fourth-order valence-electron chi connectivity index (χ4n) is 6.46. The Morgan fingerprint density at radius 3 is 1.12 bits per heavy atom. The Labute approximate surface area is 200 Å². The highest BCUT2D eigenvalue weighted by molar-refractivity contribution is 7.87. The van der Waals surface area contributed by atoms with Crippen LogP contribution in [0.3, 0.4) is 0 Å². The Balaban J connectivity index is 1.26. The fourth-order valence-corrected chi connectivity index (χ4v) is 8.72. The zero-order valence-corrected chi connectivity index (χ0v) is 20.4. The smallest absolute Gasteiger partial charge is 0.262 e. The molecule has 6 nitrogen and oxygen atoms in total. The SMILES string of the molecule is Cc1ccc(S(=O)(=O)OC2[C@H]3C=C[C@H]4C(OS(=O)(=O)c5ccc(C)cc5)[C@@H]5C=C[C@@H]2C5C34)cc1. The van der Waals surface area contributed by atoms with Crippen LogP contribution in [0.1, 0.15) is 11.1 Å². The van der Waals surface area contributed by atoms with Crippen molar-refractivity contribution in [1.82, 2.24) is 0 Å². The van der Waals surface area contributed by atoms with Crippen molar-refractivity contribution in [2.45, 2.75) is 35.8 Å². The summed E-state index contributed by atoms with van der Waals surface area (Å²) in [4.78, 5) is 0.301. The average molecular weight is 499 g/mol. The number of hydrogen-bond donors (Lipinski definition) is 0. The third kappa shape index (κ3) is 3.34. The molecule has 4 aliphatic carbocycles. The first-order chi connectivity index (χ1) is 16.2. The van der Waals surface area contributed by atoms with Gasteiger partial charge in [-0.05, 0) is 49.9 Å². The summed E-state index contributed by atoms with van der Waals surface area (Å²) < 4.78 is 63.8. The Morgan fingerprint density at radius 2 is 0.824 bits per heavy atom. The van der Waals surface area contributed by atoms with E-state index in [4.69, 9.17) is 8.37 Å². The van der Waals surface area contributed by atoms with Gasteiger partial charge < -0.3 is 0 Å². The number of rotatable bonds is 6. The van der Waals surface area contributed by atoms with Gasteiger partial charge in [-0.15, -0.1) is 0 Å². The second-order valence-electron chi connectivity index (χ2n) is 9.89. The van der Waals surface area contributed by atoms with Gasteiger partial charge in [0.25, 0.3) is 20.2 Å². The van der Waals surface area contributed by atoms with Crippen LogP contribution in [0.2, 0.25) is 0 Å². The van der Waals surface area contributed by atoms with Gasteiger partial charge in [-0.25, -0.2) is 0 Å². The summed E-state index contributed by atoms with van der Waals surface area (Å²) in [5.74, 6) is -0.179. The van der Waals surface area contributed by atoms with Crippen molar-refractivity contribution in [3.05, 3.63) is 84.0 Å². The molecule has 6 rings (SSSR count). The van der Waals surface area contributed by atoms with E-state index in [1.54, 1.807) is 48.5 Å². The molecule has 178 valence electrons. The van der Waals surface area contributed by atoms with Crippen LogP contribution >= 0.6 is 0 Å². The summed E-state index contributed by atoms with van der Waals surface area (Å²) in [6.45, 7) is 3.81. The largest absolute Gasteiger partial charge is 0.297 e. The molecule has 0 N–H and O–H groups in total. The van der Waals surface area contributed by atoms with Gasteiger partial charge in [-0.3, -0.25) is 8.37 Å². The molecule has 4 unspecified atom stereocenters. The van der Waals surface area contributed by atoms with Crippen LogP contribution in [0.25, 0.3) is 0 Å². The van der Waals surface area contributed by atoms with Crippen molar-refractivity contribution < 1.29 is 25.2 Å². The van der Waals surface area contributed by atoms with Gasteiger partial charge in [-0.1, -0.05) is 59.7 Å². The molecule has 0 heterocycles. The molecular weight excluding hydrogens is 472 g/mol. The Bertz CT molecular complexity index is 1250. The van der Waals surface area contributed by atoms with Crippen molar-refractivity contribution >= 4 is 20.2 Å². The Morgan fingerprint density at radius 1 is 0.529 bits per heavy atom. The number of hydrogen-bond acceptors (Lipinski definition) is 6. The highest BCUT2D eigenvalue weighted by Crippen LogP contribution is 2.65. The lowest BCUT2D eigenvalue weighted by molar-refractivity contribution is 0.110. The van der Waals surface area contributed by atoms with Crippen LogP contribution in [0.4, 0.5) is 0 Å². The van der Waals surface area contributed by atoms with Crippen LogP contribution in [-0.2, 0) is 28.6 Å². The van der Waals surface area contributed by atoms with E-state index >= 15 is 0 Å². The third-order valence-corrected chi connectivity index (χ3v) is 10.6. The molecule has 0 amide bonds. The van der Waals surface area contributed by atoms with Gasteiger partial charge in [0.1, 0.15) is 0 Å². The second-order valence-corrected chi connectivity index (χ2v) is 13.0. The van der Waals surface area contributed by atoms with Gasteiger partial charge >= 0.3 is 0 Å². The maximum atomic E-state index is 13.0. The maximum absolute atomic E-state index is 13.0. The Kier molecular flexibility index (Phi) is 4.98. The van der Waals surface area contributed by atoms with E-state index in [2.05, 4.69) is 0 Å². The predicted octanol–water partition coefficient (Wildman–Crippen LogP) is 4.02. The first-order valence-corrected chi connectivity index (χ1v) is 14.3. The van der Waals surface area contributed by atoms with Gasteiger partial charge in [0, 0.05) is 23.7 Å². The molecule has 0 aliphatic heterocycles. The lowest BCUT2D eigenvalue weighted by atomic mass is 9.88. The molecule has 0 radical (unpaired) electrons. The lowest BCUT2D eigenvalue weighted by Gasteiger charge is -2.24. The minimum absolute atomic E-state index is 0.0941. The van der Waals surface area contributed by atoms with Crippen LogP contribution in [0.15, 0.2) is 82.6 Å². The minimum Gasteiger partial charge on any atom is -0.262 e. The van der Waals surface area contributed by atoms with E-state index in [0.717, 1.165) is 11.1 Å². The third-order valence-electron chi connectivity index (χ3n) is 7.95. The predicted molar refractivity (Wildman–Crippen MR) is 126 cm³/mol. The van der Waals surface area contributed by atoms with Crippen molar-refractivity contribution in [3.8, 4) is 0 Å². The summed E-state index contributed by atoms with van der Waals surface area (Å²) in [6, 6.07) is 13.3. The first-order valence-electron chi connectivity index (χ1n) is 11.5. The van der Waals surface area contributed by atoms with Crippen molar-refractivity contribution in [2.75, 3.05) is 0 Å². The summed E-state index contributed by atoms with van der Waals surface area (Å²) in [6.07, 6.45) is 7.00. The van der Waals surface area contributed by atoms with Crippen molar-refractivity contribution in [1.29, 1.82) is 0 Å². The molecule has 2 aromatic carbocycles. The van der Waals surface area contributed by atoms with E-state index < -0.39 is 32.4 Å². The van der Waals surface area contributed by atoms with E-state index in [1.165, 1.54) is 0 Å². The fraction of sp³-hybridized carbons (Fsp3) is 0.385. The van der Waals surface area contributed by atoms with E-state index in [1.807, 2.05) is 38.2 Å². The molecule has 8 atom stereocenters. The molecule has 0 bridgehead atoms. The molecule has 0 saturated heterocycles. The molecule has 2 aromatic rings. The van der Waals surface area contributed by atoms with E-state index in [0.29, 0.717) is 0 Å². The molecule has 0 aromatic heterocycles. The Hall–Kier alpha value is -2.26. The van der Waals surface area contributed by atoms with Gasteiger partial charge in [-0.2, -0.15) is 16.8 Å². The highest BCUT2D eigenvalue weighted by Gasteiger charge is 2.66. The molecule has 2 saturated carbocycles. The quantitative estimate of drug-likeness (QED) is 0.442. The molecule has 8 heteroatoms. The van der Waals surface area contributed by atoms with Crippen LogP contribution in [-0.4, -0.2) is 29.0 Å². The number of benzene rings is 2. The summed E-state index contributed by atoms with van der Waals surface area (Å²) in [5.41, 5.74) is 1.95. The monoisotopic (exact) mass is 498 g/mol. The summed E-state index contributed by atoms with van der Waals surface area (Å²) in [7, 11) is -7.83. The average Bonchev–Trinajstić information content (AvgIpc) is 3.51. The molecular formula is C26H26O6S2.